The van der Waals surface area contributed by atoms with Crippen molar-refractivity contribution < 1.29 is 45.6 Å². The second-order valence-electron chi connectivity index (χ2n) is 0.0816. The molecule has 0 spiro atoms. The molecule has 0 fully saturated rings. The molecule has 0 saturated carbocycles. The number of hydrogen-bond donors (Lipinski definition) is 1. The van der Waals surface area contributed by atoms with Crippen molar-refractivity contribution >= 4 is 0 Å². The number of nitrogens with zero attached hydrogens (tertiary/aromatic N) is 1. The van der Waals surface area contributed by atoms with E-state index >= 15 is 0 Å². The van der Waals surface area contributed by atoms with Crippen LogP contribution in [0.1, 0.15) is 0 Å². The first-order valence-corrected chi connectivity index (χ1v) is 0.383. The zero-order chi connectivity index (χ0) is 2.71. The molecule has 0 aliphatic heterocycles. The van der Waals surface area contributed by atoms with Gasteiger partial charge in [0.05, 0.1) is 0 Å². The van der Waals surface area contributed by atoms with E-state index in [1.54, 1.807) is 0 Å². The van der Waals surface area contributed by atoms with Gasteiger partial charge in [-0.2, -0.15) is 0 Å². The van der Waals surface area contributed by atoms with E-state index in [2.05, 4.69) is 0 Å². The predicted molar refractivity (Wildman–Crippen MR) is 7.58 cm³/mol. The fourth-order valence-corrected chi connectivity index (χ4v) is 0. The molecule has 0 unspecified atom stereocenters. The largest absolute Gasteiger partial charge is 0.379 e. The fraction of sp³-hybridized carbons (Fsp3) is 0. The topological polar surface area (TPSA) is 49.7 Å². The summed E-state index contributed by atoms with van der Waals surface area (Å²) in [6.07, 6.45) is 0. The Balaban J connectivity index is 0. The van der Waals surface area contributed by atoms with Gasteiger partial charge in [0.25, 0.3) is 0 Å². The standard InChI is InChI=1S/HNO2.Pm/c2-1-3;/h(H,2,3);. The zero-order valence-corrected chi connectivity index (χ0v) is 4.62. The van der Waals surface area contributed by atoms with Gasteiger partial charge in [-0.25, -0.2) is 0 Å². The first-order chi connectivity index (χ1) is 1.41. The normalized spacial score (nSPS) is 3.00. The third kappa shape index (κ3) is 15.2. The van der Waals surface area contributed by atoms with Crippen LogP contribution < -0.4 is 0 Å². The Morgan fingerprint density at radius 1 is 1.75 bits per heavy atom. The van der Waals surface area contributed by atoms with Gasteiger partial charge in [0, 0.05) is 40.4 Å². The molecule has 0 aliphatic rings. The van der Waals surface area contributed by atoms with E-state index in [0.717, 1.165) is 0 Å². The molecule has 0 rings (SSSR count). The van der Waals surface area contributed by atoms with Crippen LogP contribution >= 0.6 is 0 Å². The van der Waals surface area contributed by atoms with Crippen LogP contribution in [0.5, 0.6) is 0 Å². The third-order valence-corrected chi connectivity index (χ3v) is 0. The van der Waals surface area contributed by atoms with E-state index in [1.807, 2.05) is 0 Å². The van der Waals surface area contributed by atoms with Crippen LogP contribution in [0.3, 0.4) is 0 Å². The SMILES string of the molecule is O=NO.[Pm]. The van der Waals surface area contributed by atoms with E-state index in [0.29, 0.717) is 0 Å². The smallest absolute Gasteiger partial charge is 0.152 e. The molecule has 0 bridgehead atoms. The van der Waals surface area contributed by atoms with Crippen LogP contribution in [0.2, 0.25) is 0 Å². The van der Waals surface area contributed by atoms with Gasteiger partial charge in [-0.3, -0.25) is 0 Å². The van der Waals surface area contributed by atoms with Crippen LogP contribution in [0, 0.1) is 45.3 Å². The summed E-state index contributed by atoms with van der Waals surface area (Å²) in [5.74, 6) is 0. The summed E-state index contributed by atoms with van der Waals surface area (Å²) in [4.78, 5) is 8.11. The fourth-order valence-electron chi connectivity index (χ4n) is 0. The molecular weight excluding hydrogens is 191 g/mol. The molecule has 1 N–H and O–H groups in total. The molecular formula is HNO2Pm. The second-order valence-corrected chi connectivity index (χ2v) is 0.0816. The molecule has 4 heavy (non-hydrogen) atoms. The van der Waals surface area contributed by atoms with Crippen molar-refractivity contribution in [3.8, 4) is 0 Å². The maximum absolute atomic E-state index is 8.11. The molecule has 0 aliphatic carbocycles. The molecule has 0 atom stereocenters. The van der Waals surface area contributed by atoms with Gasteiger partial charge in [-0.1, -0.05) is 0 Å². The van der Waals surface area contributed by atoms with Gasteiger partial charge in [0.15, 0.2) is 5.34 Å². The molecule has 1 radical (unpaired) electrons. The van der Waals surface area contributed by atoms with Gasteiger partial charge in [0.2, 0.25) is 0 Å². The van der Waals surface area contributed by atoms with Gasteiger partial charge >= 0.3 is 0 Å². The Hall–Kier alpha value is 0.738. The first kappa shape index (κ1) is 8.83. The monoisotopic (exact) mass is 192 g/mol. The zero-order valence-electron chi connectivity index (χ0n) is 1.75. The minimum absolute atomic E-state index is 0. The van der Waals surface area contributed by atoms with Crippen LogP contribution in [-0.2, 0) is 0 Å². The maximum atomic E-state index is 8.11. The van der Waals surface area contributed by atoms with Crippen molar-refractivity contribution in [2.75, 3.05) is 0 Å². The number of rotatable bonds is 0. The Morgan fingerprint density at radius 3 is 1.75 bits per heavy atom. The van der Waals surface area contributed by atoms with E-state index in [1.165, 1.54) is 5.34 Å². The molecule has 0 aromatic rings. The molecule has 3 nitrogen and oxygen atoms in total. The van der Waals surface area contributed by atoms with E-state index < -0.39 is 0 Å². The van der Waals surface area contributed by atoms with E-state index in [9.17, 15) is 0 Å². The van der Waals surface area contributed by atoms with Gasteiger partial charge in [-0.15, -0.1) is 4.91 Å². The molecule has 23 valence electrons. The van der Waals surface area contributed by atoms with E-state index in [-0.39, 0.29) is 40.4 Å². The summed E-state index contributed by atoms with van der Waals surface area (Å²) >= 11 is 0. The Kier molecular flexibility index (Phi) is 20.5. The van der Waals surface area contributed by atoms with Crippen LogP contribution in [0.15, 0.2) is 5.34 Å². The molecule has 0 heterocycles. The summed E-state index contributed by atoms with van der Waals surface area (Å²) in [6.45, 7) is 0. The summed E-state index contributed by atoms with van der Waals surface area (Å²) in [5.41, 5.74) is 0. The molecule has 0 amide bonds. The number of hydrogen-bond acceptors (Lipinski definition) is 2. The molecule has 4 heteroatoms. The van der Waals surface area contributed by atoms with Crippen molar-refractivity contribution in [1.29, 1.82) is 0 Å². The maximum Gasteiger partial charge on any atom is 0.152 e. The molecule has 0 aromatic heterocycles. The van der Waals surface area contributed by atoms with Crippen molar-refractivity contribution in [1.82, 2.24) is 0 Å². The van der Waals surface area contributed by atoms with Crippen molar-refractivity contribution in [3.63, 3.8) is 0 Å². The third-order valence-electron chi connectivity index (χ3n) is 0. The van der Waals surface area contributed by atoms with E-state index in [4.69, 9.17) is 10.1 Å². The summed E-state index contributed by atoms with van der Waals surface area (Å²) in [6, 6.07) is 0. The van der Waals surface area contributed by atoms with Gasteiger partial charge in [-0.05, 0) is 0 Å². The molecule has 0 saturated heterocycles. The van der Waals surface area contributed by atoms with Crippen LogP contribution in [-0.4, -0.2) is 5.21 Å². The second kappa shape index (κ2) is 9.28. The minimum atomic E-state index is 0. The average molecular weight is 192 g/mol. The average Bonchev–Trinajstić information content (AvgIpc) is 0.918. The summed E-state index contributed by atoms with van der Waals surface area (Å²) in [5, 5.41) is 7.89. The first-order valence-electron chi connectivity index (χ1n) is 0.383. The van der Waals surface area contributed by atoms with Crippen molar-refractivity contribution in [2.45, 2.75) is 0 Å². The molecule has 0 aromatic carbocycles. The van der Waals surface area contributed by atoms with Crippen LogP contribution in [0.25, 0.3) is 0 Å². The summed E-state index contributed by atoms with van der Waals surface area (Å²) in [7, 11) is 0. The van der Waals surface area contributed by atoms with Crippen LogP contribution in [0.4, 0.5) is 0 Å². The van der Waals surface area contributed by atoms with Crippen molar-refractivity contribution in [2.24, 2.45) is 5.34 Å². The Morgan fingerprint density at radius 2 is 1.75 bits per heavy atom. The quantitative estimate of drug-likeness (QED) is 0.438. The predicted octanol–water partition coefficient (Wildman–Crippen LogP) is 0.142. The Bertz CT molecular complexity index is 13.5. The van der Waals surface area contributed by atoms with Gasteiger partial charge in [0.1, 0.15) is 0 Å². The minimum Gasteiger partial charge on any atom is -0.379 e. The summed E-state index contributed by atoms with van der Waals surface area (Å²) < 4.78 is 0. The Labute approximate surface area is 55.4 Å². The van der Waals surface area contributed by atoms with Gasteiger partial charge < -0.3 is 5.21 Å². The van der Waals surface area contributed by atoms with Crippen molar-refractivity contribution in [3.05, 3.63) is 4.91 Å².